The Morgan fingerprint density at radius 3 is 2.00 bits per heavy atom. The number of unbranched alkanes of at least 4 members (excludes halogenated alkanes) is 3. The Bertz CT molecular complexity index is 1070. The maximum atomic E-state index is 8.49. The number of benzene rings is 2. The van der Waals surface area contributed by atoms with Crippen molar-refractivity contribution in [3.63, 3.8) is 0 Å². The fourth-order valence-electron chi connectivity index (χ4n) is 4.93. The molecule has 0 saturated heterocycles. The fourth-order valence-corrected chi connectivity index (χ4v) is 4.93. The molecule has 0 unspecified atom stereocenters. The standard InChI is InChI=1S/C31H39O3.ClHO4/c1-3-4-5-6-7-24-10-21-31(34-23-24)28-15-13-27(14-16-28)26-11-8-25(9-12-26)22-33-30-19-17-29(32-2)18-20-30;2-1(3,4)5/h10,13-21,23,25-26H,3-9,11-12,22H2,1-2H3;(H,2,3,4,5)/q+1;/p-1/t25-,26-;. The molecule has 0 bridgehead atoms. The molecule has 1 saturated carbocycles. The van der Waals surface area contributed by atoms with E-state index in [4.69, 9.17) is 32.5 Å². The number of methoxy groups -OCH3 is 1. The number of rotatable bonds is 11. The van der Waals surface area contributed by atoms with Gasteiger partial charge in [0.15, 0.2) is 0 Å². The molecule has 8 heteroatoms. The summed E-state index contributed by atoms with van der Waals surface area (Å²) in [6.07, 6.45) is 13.1. The Labute approximate surface area is 233 Å². The van der Waals surface area contributed by atoms with Crippen LogP contribution >= 0.6 is 0 Å². The van der Waals surface area contributed by atoms with E-state index in [-0.39, 0.29) is 0 Å². The minimum absolute atomic E-state index is 0.636. The first kappa shape index (κ1) is 30.9. The number of aryl methyl sites for hydroxylation is 1. The lowest BCUT2D eigenvalue weighted by Crippen LogP contribution is -2.68. The van der Waals surface area contributed by atoms with Crippen LogP contribution in [0.1, 0.15) is 75.3 Å². The SMILES string of the molecule is CCCCCCc1ccc(-c2ccc([C@H]3CC[C@H](COc4ccc(OC)cc4)CC3)cc2)[o+]c1.[O-][Cl+3]([O-])([O-])[O-]. The quantitative estimate of drug-likeness (QED) is 0.258. The van der Waals surface area contributed by atoms with Gasteiger partial charge in [0.05, 0.1) is 19.3 Å². The van der Waals surface area contributed by atoms with Crippen molar-refractivity contribution in [2.45, 2.75) is 70.6 Å². The molecular formula is C31H39ClO7. The second-order valence-corrected chi connectivity index (χ2v) is 10.8. The lowest BCUT2D eigenvalue weighted by Gasteiger charge is -2.28. The largest absolute Gasteiger partial charge is 0.497 e. The maximum absolute atomic E-state index is 8.49. The Morgan fingerprint density at radius 1 is 0.795 bits per heavy atom. The molecule has 1 aliphatic carbocycles. The summed E-state index contributed by atoms with van der Waals surface area (Å²) in [4.78, 5) is 0. The molecule has 0 spiro atoms. The van der Waals surface area contributed by atoms with Crippen molar-refractivity contribution < 1.29 is 42.8 Å². The second-order valence-electron chi connectivity index (χ2n) is 10.0. The van der Waals surface area contributed by atoms with Crippen molar-refractivity contribution in [3.8, 4) is 22.8 Å². The maximum Gasteiger partial charge on any atom is 0.359 e. The van der Waals surface area contributed by atoms with E-state index >= 15 is 0 Å². The summed E-state index contributed by atoms with van der Waals surface area (Å²) in [5.74, 6) is 4.02. The van der Waals surface area contributed by atoms with Gasteiger partial charge < -0.3 is 9.47 Å². The Kier molecular flexibility index (Phi) is 12.5. The topological polar surface area (TPSA) is 122 Å². The molecule has 7 nitrogen and oxygen atoms in total. The molecular weight excluding hydrogens is 520 g/mol. The van der Waals surface area contributed by atoms with Crippen LogP contribution in [0.25, 0.3) is 11.3 Å². The van der Waals surface area contributed by atoms with E-state index in [1.54, 1.807) is 7.11 Å². The van der Waals surface area contributed by atoms with Gasteiger partial charge in [-0.25, -0.2) is 23.1 Å². The molecule has 0 N–H and O–H groups in total. The van der Waals surface area contributed by atoms with Crippen molar-refractivity contribution >= 4 is 0 Å². The number of hydrogen-bond acceptors (Lipinski definition) is 6. The van der Waals surface area contributed by atoms with E-state index in [1.807, 2.05) is 30.5 Å². The van der Waals surface area contributed by atoms with Crippen molar-refractivity contribution in [2.75, 3.05) is 13.7 Å². The molecule has 1 heterocycles. The Morgan fingerprint density at radius 2 is 1.44 bits per heavy atom. The van der Waals surface area contributed by atoms with Crippen molar-refractivity contribution in [2.24, 2.45) is 5.92 Å². The summed E-state index contributed by atoms with van der Waals surface area (Å²) in [5, 5.41) is 0. The first-order chi connectivity index (χ1) is 18.7. The minimum atomic E-state index is -4.94. The zero-order valence-corrected chi connectivity index (χ0v) is 23.6. The molecule has 2 aromatic carbocycles. The number of hydrogen-bond donors (Lipinski definition) is 0. The van der Waals surface area contributed by atoms with Crippen molar-refractivity contribution in [1.29, 1.82) is 0 Å². The third-order valence-electron chi connectivity index (χ3n) is 7.16. The molecule has 0 radical (unpaired) electrons. The molecule has 0 aliphatic heterocycles. The van der Waals surface area contributed by atoms with Gasteiger partial charge in [0.1, 0.15) is 11.5 Å². The number of ether oxygens (including phenoxy) is 2. The van der Waals surface area contributed by atoms with E-state index in [2.05, 4.69) is 43.3 Å². The third-order valence-corrected chi connectivity index (χ3v) is 7.16. The smallest absolute Gasteiger partial charge is 0.359 e. The highest BCUT2D eigenvalue weighted by Gasteiger charge is 2.23. The van der Waals surface area contributed by atoms with Gasteiger partial charge in [-0.3, -0.25) is 0 Å². The summed E-state index contributed by atoms with van der Waals surface area (Å²) in [5.41, 5.74) is 3.90. The summed E-state index contributed by atoms with van der Waals surface area (Å²) in [7, 11) is -3.26. The molecule has 1 fully saturated rings. The first-order valence-electron chi connectivity index (χ1n) is 13.6. The fraction of sp³-hybridized carbons (Fsp3) is 0.452. The summed E-state index contributed by atoms with van der Waals surface area (Å²) in [6, 6.07) is 21.2. The van der Waals surface area contributed by atoms with Gasteiger partial charge in [-0.15, -0.1) is 10.2 Å². The van der Waals surface area contributed by atoms with Gasteiger partial charge in [-0.05, 0) is 98.4 Å². The first-order valence-corrected chi connectivity index (χ1v) is 14.9. The Balaban J connectivity index is 0.000000771. The summed E-state index contributed by atoms with van der Waals surface area (Å²) < 4.78 is 51.2. The Hall–Kier alpha value is -2.68. The van der Waals surface area contributed by atoms with Crippen LogP contribution in [0.4, 0.5) is 0 Å². The van der Waals surface area contributed by atoms with Crippen LogP contribution in [-0.2, 0) is 6.42 Å². The zero-order valence-electron chi connectivity index (χ0n) is 22.8. The van der Waals surface area contributed by atoms with Gasteiger partial charge in [-0.1, -0.05) is 38.3 Å². The molecule has 0 atom stereocenters. The average molecular weight is 559 g/mol. The lowest BCUT2D eigenvalue weighted by molar-refractivity contribution is -2.00. The van der Waals surface area contributed by atoms with E-state index in [0.29, 0.717) is 11.8 Å². The normalized spacial score (nSPS) is 17.2. The molecule has 4 rings (SSSR count). The van der Waals surface area contributed by atoms with Gasteiger partial charge >= 0.3 is 12.0 Å². The average Bonchev–Trinajstić information content (AvgIpc) is 2.94. The van der Waals surface area contributed by atoms with Gasteiger partial charge in [0.25, 0.3) is 0 Å². The zero-order chi connectivity index (χ0) is 28.1. The van der Waals surface area contributed by atoms with Crippen LogP contribution in [0.15, 0.2) is 71.3 Å². The van der Waals surface area contributed by atoms with E-state index in [1.165, 1.54) is 62.5 Å². The molecule has 212 valence electrons. The van der Waals surface area contributed by atoms with E-state index < -0.39 is 10.2 Å². The monoisotopic (exact) mass is 558 g/mol. The lowest BCUT2D eigenvalue weighted by atomic mass is 9.79. The molecule has 0 amide bonds. The van der Waals surface area contributed by atoms with Gasteiger partial charge in [0, 0.05) is 11.6 Å². The van der Waals surface area contributed by atoms with Crippen LogP contribution in [0, 0.1) is 16.2 Å². The van der Waals surface area contributed by atoms with Crippen LogP contribution in [0.5, 0.6) is 11.5 Å². The predicted molar refractivity (Wildman–Crippen MR) is 140 cm³/mol. The summed E-state index contributed by atoms with van der Waals surface area (Å²) >= 11 is 0. The van der Waals surface area contributed by atoms with Gasteiger partial charge in [0.2, 0.25) is 0 Å². The van der Waals surface area contributed by atoms with Crippen LogP contribution in [-0.4, -0.2) is 13.7 Å². The van der Waals surface area contributed by atoms with E-state index in [0.717, 1.165) is 35.9 Å². The highest BCUT2D eigenvalue weighted by atomic mass is 35.7. The molecule has 3 aromatic rings. The van der Waals surface area contributed by atoms with Crippen LogP contribution in [0.3, 0.4) is 0 Å². The molecule has 1 aromatic heterocycles. The highest BCUT2D eigenvalue weighted by Crippen LogP contribution is 2.37. The third kappa shape index (κ3) is 11.5. The second kappa shape index (κ2) is 15.8. The van der Waals surface area contributed by atoms with Crippen LogP contribution in [0.2, 0.25) is 0 Å². The number of halogens is 1. The van der Waals surface area contributed by atoms with Crippen LogP contribution < -0.4 is 28.1 Å². The van der Waals surface area contributed by atoms with E-state index in [9.17, 15) is 0 Å². The van der Waals surface area contributed by atoms with Crippen molar-refractivity contribution in [1.82, 2.24) is 0 Å². The van der Waals surface area contributed by atoms with Gasteiger partial charge in [-0.2, -0.15) is 0 Å². The summed E-state index contributed by atoms with van der Waals surface area (Å²) in [6.45, 7) is 3.05. The molecule has 1 aliphatic rings. The molecule has 39 heavy (non-hydrogen) atoms. The minimum Gasteiger partial charge on any atom is -0.497 e. The van der Waals surface area contributed by atoms with Crippen molar-refractivity contribution in [3.05, 3.63) is 78.1 Å². The predicted octanol–water partition coefficient (Wildman–Crippen LogP) is 3.96. The highest BCUT2D eigenvalue weighted by molar-refractivity contribution is 5.57.